The van der Waals surface area contributed by atoms with Crippen molar-refractivity contribution in [2.75, 3.05) is 20.8 Å². The molecule has 0 bridgehead atoms. The van der Waals surface area contributed by atoms with Gasteiger partial charge in [0.25, 0.3) is 5.56 Å². The first kappa shape index (κ1) is 20.1. The standard InChI is InChI=1S/C21H20ClN3O5/c1-29-15-8-11-6-7-23-18(14(11)10-16(15)30-2)17-19(26)24-21(28)25(20(17)27)13-5-3-4-12(22)9-13/h3-5,8-10,18,23,27H,6-7H2,1-2H3,(H,24,26,28)/t18-/m1/s1. The van der Waals surface area contributed by atoms with Crippen molar-refractivity contribution in [3.63, 3.8) is 0 Å². The summed E-state index contributed by atoms with van der Waals surface area (Å²) in [4.78, 5) is 27.5. The Morgan fingerprint density at radius 2 is 1.87 bits per heavy atom. The van der Waals surface area contributed by atoms with Crippen molar-refractivity contribution in [3.8, 4) is 23.1 Å². The van der Waals surface area contributed by atoms with Crippen LogP contribution in [0.4, 0.5) is 0 Å². The van der Waals surface area contributed by atoms with Crippen LogP contribution in [0.2, 0.25) is 5.02 Å². The van der Waals surface area contributed by atoms with Crippen molar-refractivity contribution in [1.29, 1.82) is 0 Å². The van der Waals surface area contributed by atoms with Crippen molar-refractivity contribution in [1.82, 2.24) is 14.9 Å². The van der Waals surface area contributed by atoms with Crippen LogP contribution in [0.1, 0.15) is 22.7 Å². The van der Waals surface area contributed by atoms with Crippen LogP contribution in [0.5, 0.6) is 17.4 Å². The number of nitrogens with zero attached hydrogens (tertiary/aromatic N) is 1. The average Bonchev–Trinajstić information content (AvgIpc) is 2.72. The van der Waals surface area contributed by atoms with Crippen molar-refractivity contribution in [3.05, 3.63) is 78.9 Å². The molecular formula is C21H20ClN3O5. The molecule has 156 valence electrons. The Morgan fingerprint density at radius 3 is 2.57 bits per heavy atom. The summed E-state index contributed by atoms with van der Waals surface area (Å²) < 4.78 is 11.8. The van der Waals surface area contributed by atoms with Gasteiger partial charge in [0.2, 0.25) is 5.88 Å². The van der Waals surface area contributed by atoms with Gasteiger partial charge < -0.3 is 19.9 Å². The summed E-state index contributed by atoms with van der Waals surface area (Å²) in [6.07, 6.45) is 0.707. The predicted molar refractivity (Wildman–Crippen MR) is 112 cm³/mol. The Labute approximate surface area is 176 Å². The quantitative estimate of drug-likeness (QED) is 0.586. The topological polar surface area (TPSA) is 106 Å². The molecule has 3 aromatic rings. The SMILES string of the molecule is COc1cc2c(cc1OC)[C@H](c1c(O)n(-c3cccc(Cl)c3)c(=O)[nH]c1=O)NCC2. The molecule has 0 unspecified atom stereocenters. The molecule has 0 saturated carbocycles. The molecule has 30 heavy (non-hydrogen) atoms. The summed E-state index contributed by atoms with van der Waals surface area (Å²) in [5.41, 5.74) is 0.656. The summed E-state index contributed by atoms with van der Waals surface area (Å²) in [5.74, 6) is 0.633. The fourth-order valence-corrected chi connectivity index (χ4v) is 3.98. The molecule has 0 spiro atoms. The molecule has 4 rings (SSSR count). The highest BCUT2D eigenvalue weighted by molar-refractivity contribution is 6.30. The lowest BCUT2D eigenvalue weighted by Gasteiger charge is -2.28. The number of hydrogen-bond donors (Lipinski definition) is 3. The van der Waals surface area contributed by atoms with Gasteiger partial charge in [-0.05, 0) is 47.9 Å². The number of fused-ring (bicyclic) bond motifs is 1. The minimum absolute atomic E-state index is 0.0303. The Morgan fingerprint density at radius 1 is 1.13 bits per heavy atom. The Hall–Kier alpha value is -3.23. The summed E-state index contributed by atoms with van der Waals surface area (Å²) in [6, 6.07) is 9.44. The van der Waals surface area contributed by atoms with E-state index in [1.54, 1.807) is 31.4 Å². The molecule has 2 heterocycles. The molecule has 1 aromatic heterocycles. The van der Waals surface area contributed by atoms with E-state index in [0.717, 1.165) is 15.7 Å². The minimum atomic E-state index is -0.758. The summed E-state index contributed by atoms with van der Waals surface area (Å²) in [6.45, 7) is 0.572. The minimum Gasteiger partial charge on any atom is -0.494 e. The van der Waals surface area contributed by atoms with Crippen molar-refractivity contribution in [2.45, 2.75) is 12.5 Å². The molecular weight excluding hydrogens is 410 g/mol. The van der Waals surface area contributed by atoms with Gasteiger partial charge in [-0.2, -0.15) is 0 Å². The van der Waals surface area contributed by atoms with E-state index < -0.39 is 23.2 Å². The fourth-order valence-electron chi connectivity index (χ4n) is 3.79. The van der Waals surface area contributed by atoms with Crippen LogP contribution >= 0.6 is 11.6 Å². The molecule has 1 atom stereocenters. The lowest BCUT2D eigenvalue weighted by Crippen LogP contribution is -2.38. The molecule has 2 aromatic carbocycles. The van der Waals surface area contributed by atoms with E-state index in [2.05, 4.69) is 10.3 Å². The van der Waals surface area contributed by atoms with E-state index in [0.29, 0.717) is 35.2 Å². The summed E-state index contributed by atoms with van der Waals surface area (Å²) in [7, 11) is 3.08. The zero-order chi connectivity index (χ0) is 21.4. The normalized spacial score (nSPS) is 15.5. The Bertz CT molecular complexity index is 1230. The smallest absolute Gasteiger partial charge is 0.335 e. The van der Waals surface area contributed by atoms with Gasteiger partial charge in [-0.1, -0.05) is 17.7 Å². The molecule has 1 aliphatic heterocycles. The number of benzene rings is 2. The van der Waals surface area contributed by atoms with Gasteiger partial charge in [0.05, 0.1) is 31.5 Å². The second-order valence-corrected chi connectivity index (χ2v) is 7.29. The molecule has 0 fully saturated rings. The number of halogens is 1. The number of ether oxygens (including phenoxy) is 2. The van der Waals surface area contributed by atoms with Gasteiger partial charge >= 0.3 is 5.69 Å². The van der Waals surface area contributed by atoms with Crippen LogP contribution in [0.25, 0.3) is 5.69 Å². The zero-order valence-electron chi connectivity index (χ0n) is 16.4. The van der Waals surface area contributed by atoms with Gasteiger partial charge in [0.15, 0.2) is 11.5 Å². The van der Waals surface area contributed by atoms with Gasteiger partial charge in [-0.3, -0.25) is 9.78 Å². The summed E-state index contributed by atoms with van der Waals surface area (Å²) >= 11 is 6.04. The van der Waals surface area contributed by atoms with E-state index in [1.807, 2.05) is 6.07 Å². The largest absolute Gasteiger partial charge is 0.494 e. The predicted octanol–water partition coefficient (Wildman–Crippen LogP) is 2.14. The van der Waals surface area contributed by atoms with E-state index >= 15 is 0 Å². The highest BCUT2D eigenvalue weighted by Crippen LogP contribution is 2.38. The Balaban J connectivity index is 1.94. The number of aromatic hydroxyl groups is 1. The number of aromatic nitrogens is 2. The first-order chi connectivity index (χ1) is 14.4. The third kappa shape index (κ3) is 3.34. The molecule has 0 aliphatic carbocycles. The monoisotopic (exact) mass is 429 g/mol. The number of aromatic amines is 1. The molecule has 0 saturated heterocycles. The lowest BCUT2D eigenvalue weighted by molar-refractivity contribution is 0.352. The number of methoxy groups -OCH3 is 2. The van der Waals surface area contributed by atoms with E-state index in [4.69, 9.17) is 21.1 Å². The van der Waals surface area contributed by atoms with Crippen LogP contribution in [0.15, 0.2) is 46.0 Å². The van der Waals surface area contributed by atoms with Gasteiger partial charge in [0.1, 0.15) is 0 Å². The molecule has 3 N–H and O–H groups in total. The molecule has 0 amide bonds. The van der Waals surface area contributed by atoms with Gasteiger partial charge in [-0.15, -0.1) is 0 Å². The molecule has 0 radical (unpaired) electrons. The van der Waals surface area contributed by atoms with Crippen LogP contribution < -0.4 is 26.0 Å². The van der Waals surface area contributed by atoms with Crippen LogP contribution in [0.3, 0.4) is 0 Å². The second-order valence-electron chi connectivity index (χ2n) is 6.85. The highest BCUT2D eigenvalue weighted by atomic mass is 35.5. The maximum absolute atomic E-state index is 12.7. The molecule has 8 nitrogen and oxygen atoms in total. The van der Waals surface area contributed by atoms with E-state index in [1.165, 1.54) is 13.2 Å². The maximum Gasteiger partial charge on any atom is 0.335 e. The first-order valence-electron chi connectivity index (χ1n) is 9.27. The number of rotatable bonds is 4. The van der Waals surface area contributed by atoms with E-state index in [9.17, 15) is 14.7 Å². The maximum atomic E-state index is 12.7. The van der Waals surface area contributed by atoms with Crippen LogP contribution in [-0.2, 0) is 6.42 Å². The zero-order valence-corrected chi connectivity index (χ0v) is 17.1. The first-order valence-corrected chi connectivity index (χ1v) is 9.64. The molecule has 1 aliphatic rings. The Kier molecular flexibility index (Phi) is 5.27. The highest BCUT2D eigenvalue weighted by Gasteiger charge is 2.30. The molecule has 9 heteroatoms. The number of nitrogens with one attached hydrogen (secondary N) is 2. The van der Waals surface area contributed by atoms with Gasteiger partial charge in [-0.25, -0.2) is 9.36 Å². The lowest BCUT2D eigenvalue weighted by atomic mass is 9.90. The number of H-pyrrole nitrogens is 1. The van der Waals surface area contributed by atoms with Crippen molar-refractivity contribution in [2.24, 2.45) is 0 Å². The van der Waals surface area contributed by atoms with Crippen molar-refractivity contribution >= 4 is 11.6 Å². The van der Waals surface area contributed by atoms with Crippen molar-refractivity contribution < 1.29 is 14.6 Å². The fraction of sp³-hybridized carbons (Fsp3) is 0.238. The third-order valence-corrected chi connectivity index (χ3v) is 5.41. The van der Waals surface area contributed by atoms with Gasteiger partial charge in [0, 0.05) is 11.6 Å². The van der Waals surface area contributed by atoms with Crippen LogP contribution in [-0.4, -0.2) is 35.4 Å². The second kappa shape index (κ2) is 7.89. The number of hydrogen-bond acceptors (Lipinski definition) is 6. The summed E-state index contributed by atoms with van der Waals surface area (Å²) in [5, 5.41) is 14.7. The van der Waals surface area contributed by atoms with E-state index in [-0.39, 0.29) is 5.56 Å². The third-order valence-electron chi connectivity index (χ3n) is 5.18. The average molecular weight is 430 g/mol. The van der Waals surface area contributed by atoms with Crippen LogP contribution in [0, 0.1) is 0 Å².